The number of anilines is 1. The minimum atomic E-state index is -0.786. The fourth-order valence-electron chi connectivity index (χ4n) is 2.29. The lowest BCUT2D eigenvalue weighted by Crippen LogP contribution is -2.28. The Labute approximate surface area is 140 Å². The molecule has 0 N–H and O–H groups in total. The summed E-state index contributed by atoms with van der Waals surface area (Å²) in [5, 5.41) is 0.395. The zero-order valence-corrected chi connectivity index (χ0v) is 13.4. The van der Waals surface area contributed by atoms with E-state index in [2.05, 4.69) is 0 Å². The van der Waals surface area contributed by atoms with Crippen LogP contribution in [0.1, 0.15) is 10.9 Å². The third kappa shape index (κ3) is 2.81. The summed E-state index contributed by atoms with van der Waals surface area (Å²) in [6.45, 7) is 0. The third-order valence-corrected chi connectivity index (χ3v) is 5.02. The fourth-order valence-corrected chi connectivity index (χ4v) is 4.07. The van der Waals surface area contributed by atoms with E-state index in [0.29, 0.717) is 15.6 Å². The lowest BCUT2D eigenvalue weighted by atomic mass is 10.1. The van der Waals surface area contributed by atoms with E-state index in [1.54, 1.807) is 18.2 Å². The molecule has 0 aliphatic carbocycles. The smallest absolute Gasteiger partial charge is 0.238 e. The molecule has 0 radical (unpaired) electrons. The number of carbonyl (C=O) groups is 1. The van der Waals surface area contributed by atoms with Crippen LogP contribution in [0.5, 0.6) is 0 Å². The first-order chi connectivity index (χ1) is 10.5. The normalized spacial score (nSPS) is 18.1. The molecule has 7 heteroatoms. The second kappa shape index (κ2) is 6.07. The van der Waals surface area contributed by atoms with E-state index in [1.807, 2.05) is 0 Å². The molecule has 1 atom stereocenters. The van der Waals surface area contributed by atoms with Crippen molar-refractivity contribution in [1.29, 1.82) is 0 Å². The van der Waals surface area contributed by atoms with E-state index < -0.39 is 17.0 Å². The van der Waals surface area contributed by atoms with Gasteiger partial charge in [0.15, 0.2) is 0 Å². The van der Waals surface area contributed by atoms with Gasteiger partial charge in [-0.1, -0.05) is 29.3 Å². The van der Waals surface area contributed by atoms with Crippen LogP contribution in [-0.2, 0) is 4.79 Å². The maximum absolute atomic E-state index is 14.0. The zero-order valence-electron chi connectivity index (χ0n) is 11.0. The van der Waals surface area contributed by atoms with Gasteiger partial charge < -0.3 is 0 Å². The Bertz CT molecular complexity index is 756. The molecule has 2 aromatic carbocycles. The minimum absolute atomic E-state index is 0.0346. The van der Waals surface area contributed by atoms with Gasteiger partial charge in [-0.15, -0.1) is 11.8 Å². The molecule has 0 saturated carbocycles. The van der Waals surface area contributed by atoms with Crippen LogP contribution >= 0.6 is 35.0 Å². The number of amides is 1. The van der Waals surface area contributed by atoms with Gasteiger partial charge in [0.1, 0.15) is 17.0 Å². The van der Waals surface area contributed by atoms with Gasteiger partial charge in [-0.05, 0) is 24.3 Å². The number of benzene rings is 2. The third-order valence-electron chi connectivity index (χ3n) is 3.27. The monoisotopic (exact) mass is 359 g/mol. The van der Waals surface area contributed by atoms with Crippen LogP contribution in [0.4, 0.5) is 14.5 Å². The standard InChI is InChI=1S/C15H9Cl2F2NOS/c16-8-1-3-10(11(17)5-8)15-20(14(21)7-22-15)13-4-2-9(18)6-12(13)19/h1-6,15H,7H2/t15-/m0/s1. The summed E-state index contributed by atoms with van der Waals surface area (Å²) >= 11 is 13.4. The van der Waals surface area contributed by atoms with Crippen LogP contribution in [0.15, 0.2) is 36.4 Å². The summed E-state index contributed by atoms with van der Waals surface area (Å²) < 4.78 is 27.1. The second-order valence-corrected chi connectivity index (χ2v) is 6.60. The van der Waals surface area contributed by atoms with E-state index in [-0.39, 0.29) is 17.3 Å². The van der Waals surface area contributed by atoms with Crippen molar-refractivity contribution in [2.75, 3.05) is 10.7 Å². The lowest BCUT2D eigenvalue weighted by molar-refractivity contribution is -0.115. The predicted molar refractivity (Wildman–Crippen MR) is 85.5 cm³/mol. The van der Waals surface area contributed by atoms with Crippen molar-refractivity contribution in [3.63, 3.8) is 0 Å². The fraction of sp³-hybridized carbons (Fsp3) is 0.133. The summed E-state index contributed by atoms with van der Waals surface area (Å²) in [5.41, 5.74) is 0.693. The molecular weight excluding hydrogens is 351 g/mol. The molecule has 1 fully saturated rings. The van der Waals surface area contributed by atoms with Gasteiger partial charge in [0.2, 0.25) is 5.91 Å². The number of carbonyl (C=O) groups excluding carboxylic acids is 1. The number of hydrogen-bond acceptors (Lipinski definition) is 2. The Morgan fingerprint density at radius 1 is 1.14 bits per heavy atom. The summed E-state index contributed by atoms with van der Waals surface area (Å²) in [6.07, 6.45) is 0. The lowest BCUT2D eigenvalue weighted by Gasteiger charge is -2.25. The molecule has 0 aromatic heterocycles. The van der Waals surface area contributed by atoms with Crippen LogP contribution < -0.4 is 4.90 Å². The summed E-state index contributed by atoms with van der Waals surface area (Å²) in [7, 11) is 0. The molecule has 1 saturated heterocycles. The molecule has 1 aliphatic rings. The van der Waals surface area contributed by atoms with Crippen molar-refractivity contribution < 1.29 is 13.6 Å². The number of hydrogen-bond donors (Lipinski definition) is 0. The molecule has 1 heterocycles. The first-order valence-corrected chi connectivity index (χ1v) is 8.11. The quantitative estimate of drug-likeness (QED) is 0.747. The van der Waals surface area contributed by atoms with Crippen molar-refractivity contribution >= 4 is 46.6 Å². The van der Waals surface area contributed by atoms with E-state index in [9.17, 15) is 13.6 Å². The van der Waals surface area contributed by atoms with Gasteiger partial charge in [-0.3, -0.25) is 9.69 Å². The van der Waals surface area contributed by atoms with Crippen molar-refractivity contribution in [1.82, 2.24) is 0 Å². The van der Waals surface area contributed by atoms with E-state index in [1.165, 1.54) is 22.7 Å². The van der Waals surface area contributed by atoms with Gasteiger partial charge in [-0.25, -0.2) is 8.78 Å². The van der Waals surface area contributed by atoms with E-state index in [0.717, 1.165) is 12.1 Å². The zero-order chi connectivity index (χ0) is 15.9. The second-order valence-electron chi connectivity index (χ2n) is 4.69. The largest absolute Gasteiger partial charge is 0.292 e. The highest BCUT2D eigenvalue weighted by Crippen LogP contribution is 2.45. The average molecular weight is 360 g/mol. The van der Waals surface area contributed by atoms with Gasteiger partial charge in [-0.2, -0.15) is 0 Å². The summed E-state index contributed by atoms with van der Waals surface area (Å²) in [6, 6.07) is 8.06. The molecule has 2 aromatic rings. The Morgan fingerprint density at radius 2 is 1.91 bits per heavy atom. The highest BCUT2D eigenvalue weighted by molar-refractivity contribution is 8.00. The maximum atomic E-state index is 14.0. The van der Waals surface area contributed by atoms with Gasteiger partial charge in [0, 0.05) is 21.7 Å². The van der Waals surface area contributed by atoms with E-state index >= 15 is 0 Å². The SMILES string of the molecule is O=C1CS[C@@H](c2ccc(Cl)cc2Cl)N1c1ccc(F)cc1F. The van der Waals surface area contributed by atoms with Crippen molar-refractivity contribution in [3.8, 4) is 0 Å². The van der Waals surface area contributed by atoms with Gasteiger partial charge >= 0.3 is 0 Å². The molecule has 0 spiro atoms. The predicted octanol–water partition coefficient (Wildman–Crippen LogP) is 5.05. The Balaban J connectivity index is 2.06. The van der Waals surface area contributed by atoms with Crippen LogP contribution in [0.3, 0.4) is 0 Å². The first kappa shape index (κ1) is 15.6. The van der Waals surface area contributed by atoms with Crippen LogP contribution in [0.2, 0.25) is 10.0 Å². The molecule has 114 valence electrons. The maximum Gasteiger partial charge on any atom is 0.238 e. The molecule has 1 amide bonds. The molecule has 3 rings (SSSR count). The van der Waals surface area contributed by atoms with E-state index in [4.69, 9.17) is 23.2 Å². The molecular formula is C15H9Cl2F2NOS. The summed E-state index contributed by atoms with van der Waals surface area (Å²) in [4.78, 5) is 13.4. The number of rotatable bonds is 2. The van der Waals surface area contributed by atoms with Gasteiger partial charge in [0.25, 0.3) is 0 Å². The topological polar surface area (TPSA) is 20.3 Å². The molecule has 1 aliphatic heterocycles. The molecule has 22 heavy (non-hydrogen) atoms. The van der Waals surface area contributed by atoms with Crippen LogP contribution in [-0.4, -0.2) is 11.7 Å². The number of nitrogens with zero attached hydrogens (tertiary/aromatic N) is 1. The molecule has 2 nitrogen and oxygen atoms in total. The highest BCUT2D eigenvalue weighted by atomic mass is 35.5. The first-order valence-electron chi connectivity index (χ1n) is 6.31. The Kier molecular flexibility index (Phi) is 4.30. The highest BCUT2D eigenvalue weighted by Gasteiger charge is 2.36. The van der Waals surface area contributed by atoms with Crippen molar-refractivity contribution in [2.45, 2.75) is 5.37 Å². The molecule has 0 unspecified atom stereocenters. The minimum Gasteiger partial charge on any atom is -0.292 e. The number of halogens is 4. The van der Waals surface area contributed by atoms with Crippen molar-refractivity contribution in [2.24, 2.45) is 0 Å². The van der Waals surface area contributed by atoms with Gasteiger partial charge in [0.05, 0.1) is 11.4 Å². The Hall–Kier alpha value is -1.30. The average Bonchev–Trinajstić information content (AvgIpc) is 2.81. The molecule has 0 bridgehead atoms. The Morgan fingerprint density at radius 3 is 2.59 bits per heavy atom. The summed E-state index contributed by atoms with van der Waals surface area (Å²) in [5.74, 6) is -1.54. The van der Waals surface area contributed by atoms with Crippen LogP contribution in [0.25, 0.3) is 0 Å². The van der Waals surface area contributed by atoms with Crippen LogP contribution in [0, 0.1) is 11.6 Å². The number of thioether (sulfide) groups is 1. The van der Waals surface area contributed by atoms with Crippen molar-refractivity contribution in [3.05, 3.63) is 63.6 Å².